The number of aromatic nitrogens is 3. The van der Waals surface area contributed by atoms with Crippen LogP contribution < -0.4 is 5.56 Å². The van der Waals surface area contributed by atoms with Crippen molar-refractivity contribution < 1.29 is 4.79 Å². The summed E-state index contributed by atoms with van der Waals surface area (Å²) in [5, 5.41) is 4.52. The number of aromatic amines is 1. The van der Waals surface area contributed by atoms with Crippen molar-refractivity contribution >= 4 is 17.5 Å². The molecule has 1 N–H and O–H groups in total. The normalized spacial score (nSPS) is 16.0. The van der Waals surface area contributed by atoms with Gasteiger partial charge in [-0.3, -0.25) is 14.3 Å². The molecule has 1 amide bonds. The number of likely N-dealkylation sites (tertiary alicyclic amines) is 1. The number of carbonyl (C=O) groups is 1. The molecular formula is C15H17ClN4O2. The molecule has 0 aromatic carbocycles. The number of rotatable bonds is 2. The lowest BCUT2D eigenvalue weighted by atomic mass is 10.0. The van der Waals surface area contributed by atoms with Gasteiger partial charge in [0.1, 0.15) is 5.15 Å². The highest BCUT2D eigenvalue weighted by molar-refractivity contribution is 6.29. The van der Waals surface area contributed by atoms with Gasteiger partial charge in [0.25, 0.3) is 5.91 Å². The molecule has 6 nitrogen and oxygen atoms in total. The summed E-state index contributed by atoms with van der Waals surface area (Å²) < 4.78 is 1.97. The van der Waals surface area contributed by atoms with Gasteiger partial charge in [-0.15, -0.1) is 0 Å². The molecule has 1 aliphatic heterocycles. The number of hydrogen-bond donors (Lipinski definition) is 1. The second kappa shape index (κ2) is 5.96. The number of H-pyrrole nitrogens is 1. The first kappa shape index (κ1) is 14.8. The molecule has 7 heteroatoms. The predicted molar refractivity (Wildman–Crippen MR) is 83.2 cm³/mol. The van der Waals surface area contributed by atoms with Gasteiger partial charge in [-0.2, -0.15) is 5.10 Å². The van der Waals surface area contributed by atoms with Crippen LogP contribution in [0.5, 0.6) is 0 Å². The first-order valence-corrected chi connectivity index (χ1v) is 7.60. The molecule has 2 aromatic rings. The minimum Gasteiger partial charge on any atom is -0.338 e. The first-order chi connectivity index (χ1) is 10.5. The van der Waals surface area contributed by atoms with E-state index in [2.05, 4.69) is 10.1 Å². The van der Waals surface area contributed by atoms with Crippen LogP contribution in [-0.4, -0.2) is 38.7 Å². The monoisotopic (exact) mass is 320 g/mol. The minimum atomic E-state index is -0.363. The summed E-state index contributed by atoms with van der Waals surface area (Å²) >= 11 is 5.80. The van der Waals surface area contributed by atoms with Crippen molar-refractivity contribution in [2.45, 2.75) is 25.8 Å². The van der Waals surface area contributed by atoms with Crippen LogP contribution in [-0.2, 0) is 0 Å². The highest BCUT2D eigenvalue weighted by atomic mass is 35.5. The molecule has 1 saturated heterocycles. The van der Waals surface area contributed by atoms with Crippen molar-refractivity contribution in [1.82, 2.24) is 19.7 Å². The Labute approximate surface area is 132 Å². The number of piperidine rings is 1. The van der Waals surface area contributed by atoms with E-state index in [1.54, 1.807) is 4.90 Å². The predicted octanol–water partition coefficient (Wildman–Crippen LogP) is 2.01. The summed E-state index contributed by atoms with van der Waals surface area (Å²) in [6, 6.07) is 3.10. The van der Waals surface area contributed by atoms with Crippen molar-refractivity contribution in [3.05, 3.63) is 51.2 Å². The van der Waals surface area contributed by atoms with Gasteiger partial charge in [0.2, 0.25) is 5.56 Å². The summed E-state index contributed by atoms with van der Waals surface area (Å²) in [6.07, 6.45) is 5.57. The number of nitrogens with zero attached hydrogens (tertiary/aromatic N) is 3. The van der Waals surface area contributed by atoms with Crippen LogP contribution in [0.2, 0.25) is 5.15 Å². The maximum Gasteiger partial charge on any atom is 0.254 e. The Bertz CT molecular complexity index is 744. The molecule has 2 aromatic heterocycles. The van der Waals surface area contributed by atoms with E-state index in [0.29, 0.717) is 24.7 Å². The zero-order valence-electron chi connectivity index (χ0n) is 12.3. The number of halogens is 1. The van der Waals surface area contributed by atoms with Gasteiger partial charge >= 0.3 is 0 Å². The fourth-order valence-electron chi connectivity index (χ4n) is 2.78. The number of amides is 1. The molecule has 3 rings (SSSR count). The maximum absolute atomic E-state index is 12.4. The first-order valence-electron chi connectivity index (χ1n) is 7.23. The summed E-state index contributed by atoms with van der Waals surface area (Å²) in [5.41, 5.74) is 1.11. The molecule has 1 aliphatic rings. The summed E-state index contributed by atoms with van der Waals surface area (Å²) in [5.74, 6) is -0.150. The van der Waals surface area contributed by atoms with E-state index in [1.165, 1.54) is 12.1 Å². The van der Waals surface area contributed by atoms with Crippen molar-refractivity contribution in [3.63, 3.8) is 0 Å². The van der Waals surface area contributed by atoms with Crippen molar-refractivity contribution in [3.8, 4) is 0 Å². The van der Waals surface area contributed by atoms with E-state index in [4.69, 9.17) is 11.6 Å². The average molecular weight is 321 g/mol. The van der Waals surface area contributed by atoms with E-state index in [1.807, 2.05) is 24.0 Å². The lowest BCUT2D eigenvalue weighted by Crippen LogP contribution is -2.39. The molecule has 0 bridgehead atoms. The van der Waals surface area contributed by atoms with Gasteiger partial charge in [0.05, 0.1) is 12.2 Å². The van der Waals surface area contributed by atoms with Crippen LogP contribution >= 0.6 is 11.6 Å². The average Bonchev–Trinajstić information content (AvgIpc) is 2.92. The second-order valence-electron chi connectivity index (χ2n) is 5.60. The molecule has 3 heterocycles. The Morgan fingerprint density at radius 2 is 2.09 bits per heavy atom. The lowest BCUT2D eigenvalue weighted by Gasteiger charge is -2.32. The van der Waals surface area contributed by atoms with Crippen LogP contribution in [0.25, 0.3) is 0 Å². The van der Waals surface area contributed by atoms with Gasteiger partial charge in [-0.25, -0.2) is 0 Å². The van der Waals surface area contributed by atoms with Crippen LogP contribution in [0.1, 0.15) is 34.8 Å². The highest BCUT2D eigenvalue weighted by Gasteiger charge is 2.25. The SMILES string of the molecule is Cc1cnn(C2CCN(C(=O)c3cc(Cl)[nH]c(=O)c3)CC2)c1. The van der Waals surface area contributed by atoms with Gasteiger partial charge in [-0.1, -0.05) is 11.6 Å². The van der Waals surface area contributed by atoms with Crippen LogP contribution in [0.4, 0.5) is 0 Å². The molecule has 0 spiro atoms. The number of aryl methyl sites for hydroxylation is 1. The molecule has 0 saturated carbocycles. The molecule has 0 atom stereocenters. The third kappa shape index (κ3) is 3.06. The largest absolute Gasteiger partial charge is 0.338 e. The quantitative estimate of drug-likeness (QED) is 0.860. The van der Waals surface area contributed by atoms with E-state index in [9.17, 15) is 9.59 Å². The molecule has 0 aliphatic carbocycles. The number of pyridine rings is 1. The molecule has 0 radical (unpaired) electrons. The van der Waals surface area contributed by atoms with E-state index in [-0.39, 0.29) is 16.6 Å². The van der Waals surface area contributed by atoms with E-state index >= 15 is 0 Å². The Kier molecular flexibility index (Phi) is 4.02. The molecule has 0 unspecified atom stereocenters. The summed E-state index contributed by atoms with van der Waals surface area (Å²) in [6.45, 7) is 3.30. The third-order valence-corrected chi connectivity index (χ3v) is 4.12. The van der Waals surface area contributed by atoms with Crippen LogP contribution in [0.3, 0.4) is 0 Å². The third-order valence-electron chi connectivity index (χ3n) is 3.91. The molecular weight excluding hydrogens is 304 g/mol. The Morgan fingerprint density at radius 3 is 2.68 bits per heavy atom. The van der Waals surface area contributed by atoms with Crippen molar-refractivity contribution in [1.29, 1.82) is 0 Å². The van der Waals surface area contributed by atoms with Crippen molar-refractivity contribution in [2.75, 3.05) is 13.1 Å². The highest BCUT2D eigenvalue weighted by Crippen LogP contribution is 2.23. The Hall–Kier alpha value is -2.08. The van der Waals surface area contributed by atoms with Crippen molar-refractivity contribution in [2.24, 2.45) is 0 Å². The van der Waals surface area contributed by atoms with E-state index < -0.39 is 0 Å². The standard InChI is InChI=1S/C15H17ClN4O2/c1-10-8-17-20(9-10)12-2-4-19(5-3-12)15(22)11-6-13(16)18-14(21)7-11/h6-9,12H,2-5H2,1H3,(H,18,21). The number of nitrogens with one attached hydrogen (secondary N) is 1. The Balaban J connectivity index is 1.68. The van der Waals surface area contributed by atoms with Crippen LogP contribution in [0.15, 0.2) is 29.3 Å². The number of carbonyl (C=O) groups excluding carboxylic acids is 1. The lowest BCUT2D eigenvalue weighted by molar-refractivity contribution is 0.0689. The maximum atomic E-state index is 12.4. The van der Waals surface area contributed by atoms with Gasteiger partial charge in [0.15, 0.2) is 0 Å². The zero-order valence-corrected chi connectivity index (χ0v) is 13.0. The van der Waals surface area contributed by atoms with Gasteiger partial charge < -0.3 is 9.88 Å². The molecule has 116 valence electrons. The summed E-state index contributed by atoms with van der Waals surface area (Å²) in [4.78, 5) is 28.0. The summed E-state index contributed by atoms with van der Waals surface area (Å²) in [7, 11) is 0. The van der Waals surface area contributed by atoms with E-state index in [0.717, 1.165) is 18.4 Å². The molecule has 22 heavy (non-hydrogen) atoms. The molecule has 1 fully saturated rings. The minimum absolute atomic E-state index is 0.150. The van der Waals surface area contributed by atoms with Gasteiger partial charge in [-0.05, 0) is 31.4 Å². The second-order valence-corrected chi connectivity index (χ2v) is 6.01. The van der Waals surface area contributed by atoms with Crippen LogP contribution in [0, 0.1) is 6.92 Å². The fraction of sp³-hybridized carbons (Fsp3) is 0.400. The zero-order chi connectivity index (χ0) is 15.7. The number of hydrogen-bond acceptors (Lipinski definition) is 3. The fourth-order valence-corrected chi connectivity index (χ4v) is 2.99. The topological polar surface area (TPSA) is 71.0 Å². The smallest absolute Gasteiger partial charge is 0.254 e. The Morgan fingerprint density at radius 1 is 1.36 bits per heavy atom. The van der Waals surface area contributed by atoms with Gasteiger partial charge in [0, 0.05) is 30.9 Å².